The lowest BCUT2D eigenvalue weighted by Gasteiger charge is -2.22. The maximum absolute atomic E-state index is 11.7. The highest BCUT2D eigenvalue weighted by molar-refractivity contribution is 6.33. The molecule has 5 heteroatoms. The Morgan fingerprint density at radius 1 is 1.26 bits per heavy atom. The van der Waals surface area contributed by atoms with Gasteiger partial charge in [0, 0.05) is 0 Å². The van der Waals surface area contributed by atoms with Gasteiger partial charge in [-0.05, 0) is 52.3 Å². The number of hydrogen-bond donors (Lipinski definition) is 2. The van der Waals surface area contributed by atoms with E-state index in [-0.39, 0.29) is 0 Å². The Labute approximate surface area is 118 Å². The quantitative estimate of drug-likeness (QED) is 0.866. The van der Waals surface area contributed by atoms with E-state index in [1.807, 2.05) is 0 Å². The van der Waals surface area contributed by atoms with E-state index in [1.165, 1.54) is 0 Å². The van der Waals surface area contributed by atoms with Gasteiger partial charge in [0.25, 0.3) is 0 Å². The number of amides is 1. The summed E-state index contributed by atoms with van der Waals surface area (Å²) < 4.78 is 5.15. The van der Waals surface area contributed by atoms with E-state index in [1.54, 1.807) is 52.8 Å². The molecule has 0 aliphatic carbocycles. The predicted molar refractivity (Wildman–Crippen MR) is 76.6 cm³/mol. The Balaban J connectivity index is 2.92. The second-order valence-corrected chi connectivity index (χ2v) is 6.29. The van der Waals surface area contributed by atoms with Gasteiger partial charge in [-0.2, -0.15) is 0 Å². The second kappa shape index (κ2) is 5.39. The van der Waals surface area contributed by atoms with Crippen LogP contribution in [0.2, 0.25) is 5.02 Å². The Morgan fingerprint density at radius 2 is 1.84 bits per heavy atom. The normalized spacial score (nSPS) is 12.2. The minimum Gasteiger partial charge on any atom is -0.444 e. The molecule has 0 heterocycles. The largest absolute Gasteiger partial charge is 0.444 e. The average Bonchev–Trinajstić information content (AvgIpc) is 2.16. The second-order valence-electron chi connectivity index (χ2n) is 5.88. The van der Waals surface area contributed by atoms with Gasteiger partial charge in [0.15, 0.2) is 0 Å². The molecule has 0 saturated carbocycles. The number of carbonyl (C=O) groups is 1. The summed E-state index contributed by atoms with van der Waals surface area (Å²) in [5, 5.41) is 12.9. The van der Waals surface area contributed by atoms with Crippen LogP contribution in [0.3, 0.4) is 0 Å². The fourth-order valence-electron chi connectivity index (χ4n) is 1.42. The zero-order valence-electron chi connectivity index (χ0n) is 11.9. The van der Waals surface area contributed by atoms with Gasteiger partial charge < -0.3 is 9.84 Å². The lowest BCUT2D eigenvalue weighted by Crippen LogP contribution is -2.27. The van der Waals surface area contributed by atoms with Gasteiger partial charge in [-0.25, -0.2) is 4.79 Å². The third-order valence-electron chi connectivity index (χ3n) is 2.31. The first-order chi connectivity index (χ1) is 8.49. The highest BCUT2D eigenvalue weighted by Crippen LogP contribution is 2.29. The highest BCUT2D eigenvalue weighted by Gasteiger charge is 2.20. The van der Waals surface area contributed by atoms with Gasteiger partial charge in [0.2, 0.25) is 0 Å². The summed E-state index contributed by atoms with van der Waals surface area (Å²) in [5.74, 6) is 0. The summed E-state index contributed by atoms with van der Waals surface area (Å²) in [6.45, 7) is 8.66. The predicted octanol–water partition coefficient (Wildman–Crippen LogP) is 3.91. The van der Waals surface area contributed by atoms with E-state index >= 15 is 0 Å². The van der Waals surface area contributed by atoms with Crippen LogP contribution >= 0.6 is 11.6 Å². The first-order valence-corrected chi connectivity index (χ1v) is 6.39. The van der Waals surface area contributed by atoms with E-state index < -0.39 is 17.3 Å². The molecule has 0 atom stereocenters. The summed E-state index contributed by atoms with van der Waals surface area (Å²) in [6.07, 6.45) is -0.581. The molecule has 0 bridgehead atoms. The zero-order chi connectivity index (χ0) is 14.8. The van der Waals surface area contributed by atoms with E-state index in [4.69, 9.17) is 16.3 Å². The number of anilines is 1. The van der Waals surface area contributed by atoms with Crippen LogP contribution in [0.4, 0.5) is 10.5 Å². The lowest BCUT2D eigenvalue weighted by molar-refractivity contribution is 0.0634. The van der Waals surface area contributed by atoms with Crippen molar-refractivity contribution >= 4 is 23.4 Å². The number of benzene rings is 1. The summed E-state index contributed by atoms with van der Waals surface area (Å²) >= 11 is 6.01. The van der Waals surface area contributed by atoms with Crippen LogP contribution in [0.25, 0.3) is 0 Å². The average molecular weight is 286 g/mol. The number of rotatable bonds is 2. The van der Waals surface area contributed by atoms with Gasteiger partial charge in [-0.15, -0.1) is 0 Å². The van der Waals surface area contributed by atoms with Gasteiger partial charge in [0.05, 0.1) is 16.3 Å². The number of halogens is 1. The van der Waals surface area contributed by atoms with Gasteiger partial charge >= 0.3 is 6.09 Å². The first kappa shape index (κ1) is 15.8. The zero-order valence-corrected chi connectivity index (χ0v) is 12.6. The monoisotopic (exact) mass is 285 g/mol. The van der Waals surface area contributed by atoms with E-state index in [9.17, 15) is 9.90 Å². The van der Waals surface area contributed by atoms with Crippen LogP contribution in [0, 0.1) is 0 Å². The van der Waals surface area contributed by atoms with Crippen molar-refractivity contribution in [3.8, 4) is 0 Å². The van der Waals surface area contributed by atoms with Crippen molar-refractivity contribution in [2.75, 3.05) is 5.32 Å². The maximum Gasteiger partial charge on any atom is 0.412 e. The molecule has 0 saturated heterocycles. The number of hydrogen-bond acceptors (Lipinski definition) is 3. The van der Waals surface area contributed by atoms with Crippen LogP contribution in [-0.4, -0.2) is 16.8 Å². The molecule has 4 nitrogen and oxygen atoms in total. The molecule has 1 aromatic rings. The molecule has 19 heavy (non-hydrogen) atoms. The van der Waals surface area contributed by atoms with Crippen molar-refractivity contribution in [1.82, 2.24) is 0 Å². The summed E-state index contributed by atoms with van der Waals surface area (Å²) in [5.41, 5.74) is -0.516. The number of aliphatic hydroxyl groups is 1. The summed E-state index contributed by atoms with van der Waals surface area (Å²) in [6, 6.07) is 4.97. The molecule has 1 amide bonds. The molecule has 0 aromatic heterocycles. The number of carbonyl (C=O) groups excluding carboxylic acids is 1. The molecule has 0 fully saturated rings. The Hall–Kier alpha value is -1.26. The van der Waals surface area contributed by atoms with Gasteiger partial charge in [-0.3, -0.25) is 5.32 Å². The standard InChI is InChI=1S/C14H20ClNO3/c1-13(2,3)19-12(17)16-11-8-9(14(4,5)18)6-7-10(11)15/h6-8,18H,1-5H3,(H,16,17). The number of nitrogens with one attached hydrogen (secondary N) is 1. The van der Waals surface area contributed by atoms with Crippen LogP contribution in [-0.2, 0) is 10.3 Å². The Morgan fingerprint density at radius 3 is 2.32 bits per heavy atom. The fourth-order valence-corrected chi connectivity index (χ4v) is 1.58. The fraction of sp³-hybridized carbons (Fsp3) is 0.500. The van der Waals surface area contributed by atoms with Crippen molar-refractivity contribution in [1.29, 1.82) is 0 Å². The molecular weight excluding hydrogens is 266 g/mol. The van der Waals surface area contributed by atoms with Crippen LogP contribution in [0.5, 0.6) is 0 Å². The molecule has 1 aromatic carbocycles. The molecule has 1 rings (SSSR count). The van der Waals surface area contributed by atoms with Crippen molar-refractivity contribution in [2.24, 2.45) is 0 Å². The lowest BCUT2D eigenvalue weighted by atomic mass is 9.98. The van der Waals surface area contributed by atoms with E-state index in [2.05, 4.69) is 5.32 Å². The molecule has 0 unspecified atom stereocenters. The van der Waals surface area contributed by atoms with Crippen LogP contribution in [0.15, 0.2) is 18.2 Å². The summed E-state index contributed by atoms with van der Waals surface area (Å²) in [4.78, 5) is 11.7. The van der Waals surface area contributed by atoms with Crippen LogP contribution < -0.4 is 5.32 Å². The van der Waals surface area contributed by atoms with Crippen molar-refractivity contribution in [3.63, 3.8) is 0 Å². The molecule has 0 aliphatic rings. The van der Waals surface area contributed by atoms with Crippen LogP contribution in [0.1, 0.15) is 40.2 Å². The molecule has 0 aliphatic heterocycles. The third-order valence-corrected chi connectivity index (χ3v) is 2.64. The van der Waals surface area contributed by atoms with E-state index in [0.717, 1.165) is 0 Å². The molecule has 106 valence electrons. The SMILES string of the molecule is CC(C)(C)OC(=O)Nc1cc(C(C)(C)O)ccc1Cl. The van der Waals surface area contributed by atoms with Crippen molar-refractivity contribution in [2.45, 2.75) is 45.8 Å². The minimum atomic E-state index is -1.01. The third kappa shape index (κ3) is 5.09. The van der Waals surface area contributed by atoms with Crippen molar-refractivity contribution < 1.29 is 14.6 Å². The van der Waals surface area contributed by atoms with Gasteiger partial charge in [0.1, 0.15) is 5.60 Å². The maximum atomic E-state index is 11.7. The molecule has 0 spiro atoms. The minimum absolute atomic E-state index is 0.388. The summed E-state index contributed by atoms with van der Waals surface area (Å²) in [7, 11) is 0. The smallest absolute Gasteiger partial charge is 0.412 e. The van der Waals surface area contributed by atoms with E-state index in [0.29, 0.717) is 16.3 Å². The topological polar surface area (TPSA) is 58.6 Å². The van der Waals surface area contributed by atoms with Gasteiger partial charge in [-0.1, -0.05) is 17.7 Å². The van der Waals surface area contributed by atoms with Crippen molar-refractivity contribution in [3.05, 3.63) is 28.8 Å². The Kier molecular flexibility index (Phi) is 4.48. The number of ether oxygens (including phenoxy) is 1. The highest BCUT2D eigenvalue weighted by atomic mass is 35.5. The molecular formula is C14H20ClNO3. The molecule has 2 N–H and O–H groups in total. The first-order valence-electron chi connectivity index (χ1n) is 6.01. The Bertz CT molecular complexity index is 473. The molecule has 0 radical (unpaired) electrons.